The standard InChI is InChI=1S/C13H19F2NO2S/c1-3-16-13(5-4-8-19(2,17)18)11-9-10(14)6-7-12(11)15/h6-7,9,13,16H,3-5,8H2,1-2H3. The highest BCUT2D eigenvalue weighted by Gasteiger charge is 2.16. The number of sulfone groups is 1. The Morgan fingerprint density at radius 3 is 2.58 bits per heavy atom. The van der Waals surface area contributed by atoms with Gasteiger partial charge < -0.3 is 5.32 Å². The highest BCUT2D eigenvalue weighted by Crippen LogP contribution is 2.22. The summed E-state index contributed by atoms with van der Waals surface area (Å²) < 4.78 is 49.0. The number of halogens is 2. The minimum atomic E-state index is -3.03. The Hall–Kier alpha value is -1.01. The van der Waals surface area contributed by atoms with Crippen LogP contribution in [0.5, 0.6) is 0 Å². The van der Waals surface area contributed by atoms with Gasteiger partial charge in [-0.2, -0.15) is 0 Å². The van der Waals surface area contributed by atoms with Crippen molar-refractivity contribution in [3.8, 4) is 0 Å². The minimum absolute atomic E-state index is 0.0474. The predicted molar refractivity (Wildman–Crippen MR) is 71.7 cm³/mol. The second-order valence-corrected chi connectivity index (χ2v) is 6.81. The lowest BCUT2D eigenvalue weighted by atomic mass is 10.0. The summed E-state index contributed by atoms with van der Waals surface area (Å²) in [4.78, 5) is 0. The predicted octanol–water partition coefficient (Wildman–Crippen LogP) is 2.44. The number of benzene rings is 1. The van der Waals surface area contributed by atoms with Crippen molar-refractivity contribution in [3.05, 3.63) is 35.4 Å². The average Bonchev–Trinajstić information content (AvgIpc) is 2.30. The largest absolute Gasteiger partial charge is 0.310 e. The highest BCUT2D eigenvalue weighted by molar-refractivity contribution is 7.90. The third kappa shape index (κ3) is 5.65. The fourth-order valence-corrected chi connectivity index (χ4v) is 2.64. The number of nitrogens with one attached hydrogen (secondary N) is 1. The van der Waals surface area contributed by atoms with Crippen molar-refractivity contribution in [1.29, 1.82) is 0 Å². The van der Waals surface area contributed by atoms with E-state index in [0.29, 0.717) is 19.4 Å². The van der Waals surface area contributed by atoms with Gasteiger partial charge in [0.25, 0.3) is 0 Å². The Balaban J connectivity index is 2.79. The van der Waals surface area contributed by atoms with Crippen LogP contribution in [0.3, 0.4) is 0 Å². The van der Waals surface area contributed by atoms with Gasteiger partial charge in [-0.15, -0.1) is 0 Å². The summed E-state index contributed by atoms with van der Waals surface area (Å²) in [5, 5.41) is 3.05. The quantitative estimate of drug-likeness (QED) is 0.839. The number of hydrogen-bond donors (Lipinski definition) is 1. The molecule has 0 saturated carbocycles. The molecule has 1 atom stereocenters. The van der Waals surface area contributed by atoms with E-state index in [-0.39, 0.29) is 17.4 Å². The Labute approximate surface area is 112 Å². The van der Waals surface area contributed by atoms with E-state index in [2.05, 4.69) is 5.32 Å². The third-order valence-corrected chi connectivity index (χ3v) is 3.82. The lowest BCUT2D eigenvalue weighted by Gasteiger charge is -2.19. The van der Waals surface area contributed by atoms with Gasteiger partial charge in [-0.05, 0) is 37.6 Å². The lowest BCUT2D eigenvalue weighted by molar-refractivity contribution is 0.474. The molecule has 0 aromatic heterocycles. The molecule has 0 fully saturated rings. The van der Waals surface area contributed by atoms with Crippen molar-refractivity contribution in [2.75, 3.05) is 18.6 Å². The van der Waals surface area contributed by atoms with Crippen LogP contribution in [0.15, 0.2) is 18.2 Å². The summed E-state index contributed by atoms with van der Waals surface area (Å²) in [6.45, 7) is 2.46. The van der Waals surface area contributed by atoms with E-state index in [1.54, 1.807) is 0 Å². The molecule has 108 valence electrons. The first kappa shape index (κ1) is 16.0. The van der Waals surface area contributed by atoms with Crippen molar-refractivity contribution in [3.63, 3.8) is 0 Å². The maximum absolute atomic E-state index is 13.7. The Kier molecular flexibility index (Phi) is 5.87. The lowest BCUT2D eigenvalue weighted by Crippen LogP contribution is -2.23. The topological polar surface area (TPSA) is 46.2 Å². The molecule has 1 aromatic rings. The summed E-state index contributed by atoms with van der Waals surface area (Å²) in [6.07, 6.45) is 2.02. The van der Waals surface area contributed by atoms with Gasteiger partial charge in [0.1, 0.15) is 21.5 Å². The van der Waals surface area contributed by atoms with E-state index < -0.39 is 21.5 Å². The van der Waals surface area contributed by atoms with Crippen molar-refractivity contribution in [1.82, 2.24) is 5.32 Å². The van der Waals surface area contributed by atoms with Gasteiger partial charge in [-0.3, -0.25) is 0 Å². The second kappa shape index (κ2) is 6.96. The summed E-state index contributed by atoms with van der Waals surface area (Å²) >= 11 is 0. The van der Waals surface area contributed by atoms with Gasteiger partial charge in [0.15, 0.2) is 0 Å². The van der Waals surface area contributed by atoms with Crippen LogP contribution in [0.2, 0.25) is 0 Å². The molecule has 0 bridgehead atoms. The first-order valence-corrected chi connectivity index (χ1v) is 8.25. The minimum Gasteiger partial charge on any atom is -0.310 e. The molecule has 0 radical (unpaired) electrons. The SMILES string of the molecule is CCNC(CCCS(C)(=O)=O)c1cc(F)ccc1F. The van der Waals surface area contributed by atoms with Crippen molar-refractivity contribution in [2.24, 2.45) is 0 Å². The normalized spacial score (nSPS) is 13.5. The molecular weight excluding hydrogens is 272 g/mol. The summed E-state index contributed by atoms with van der Waals surface area (Å²) in [5.74, 6) is -0.930. The van der Waals surface area contributed by atoms with E-state index in [4.69, 9.17) is 0 Å². The molecule has 6 heteroatoms. The molecule has 19 heavy (non-hydrogen) atoms. The third-order valence-electron chi connectivity index (χ3n) is 2.79. The second-order valence-electron chi connectivity index (χ2n) is 4.55. The zero-order valence-corrected chi connectivity index (χ0v) is 11.9. The maximum atomic E-state index is 13.7. The van der Waals surface area contributed by atoms with Crippen molar-refractivity contribution in [2.45, 2.75) is 25.8 Å². The van der Waals surface area contributed by atoms with Crippen LogP contribution < -0.4 is 5.32 Å². The first-order valence-electron chi connectivity index (χ1n) is 6.19. The first-order chi connectivity index (χ1) is 8.83. The van der Waals surface area contributed by atoms with Crippen LogP contribution >= 0.6 is 0 Å². The van der Waals surface area contributed by atoms with Crippen molar-refractivity contribution < 1.29 is 17.2 Å². The maximum Gasteiger partial charge on any atom is 0.147 e. The molecule has 0 aliphatic heterocycles. The number of rotatable bonds is 7. The molecular formula is C13H19F2NO2S. The van der Waals surface area contributed by atoms with E-state index in [1.165, 1.54) is 0 Å². The Bertz CT molecular complexity index is 517. The highest BCUT2D eigenvalue weighted by atomic mass is 32.2. The van der Waals surface area contributed by atoms with Gasteiger partial charge in [0.2, 0.25) is 0 Å². The van der Waals surface area contributed by atoms with E-state index >= 15 is 0 Å². The molecule has 1 unspecified atom stereocenters. The number of hydrogen-bond acceptors (Lipinski definition) is 3. The molecule has 1 N–H and O–H groups in total. The van der Waals surface area contributed by atoms with Gasteiger partial charge in [-0.25, -0.2) is 17.2 Å². The molecule has 3 nitrogen and oxygen atoms in total. The zero-order valence-electron chi connectivity index (χ0n) is 11.1. The monoisotopic (exact) mass is 291 g/mol. The van der Waals surface area contributed by atoms with Crippen LogP contribution in [-0.2, 0) is 9.84 Å². The molecule has 0 aliphatic rings. The van der Waals surface area contributed by atoms with Crippen LogP contribution in [0.4, 0.5) is 8.78 Å². The smallest absolute Gasteiger partial charge is 0.147 e. The van der Waals surface area contributed by atoms with Crippen LogP contribution in [-0.4, -0.2) is 27.0 Å². The van der Waals surface area contributed by atoms with E-state index in [1.807, 2.05) is 6.92 Å². The van der Waals surface area contributed by atoms with E-state index in [9.17, 15) is 17.2 Å². The molecule has 0 spiro atoms. The Morgan fingerprint density at radius 1 is 1.32 bits per heavy atom. The van der Waals surface area contributed by atoms with Gasteiger partial charge in [0, 0.05) is 23.6 Å². The summed E-state index contributed by atoms with van der Waals surface area (Å²) in [7, 11) is -3.03. The van der Waals surface area contributed by atoms with Gasteiger partial charge >= 0.3 is 0 Å². The summed E-state index contributed by atoms with van der Waals surface area (Å²) in [5.41, 5.74) is 0.246. The van der Waals surface area contributed by atoms with Crippen molar-refractivity contribution >= 4 is 9.84 Å². The van der Waals surface area contributed by atoms with Crippen LogP contribution in [0, 0.1) is 11.6 Å². The van der Waals surface area contributed by atoms with Gasteiger partial charge in [-0.1, -0.05) is 6.92 Å². The molecule has 0 aliphatic carbocycles. The van der Waals surface area contributed by atoms with E-state index in [0.717, 1.165) is 24.5 Å². The zero-order chi connectivity index (χ0) is 14.5. The average molecular weight is 291 g/mol. The molecule has 0 saturated heterocycles. The van der Waals surface area contributed by atoms with Crippen LogP contribution in [0.25, 0.3) is 0 Å². The summed E-state index contributed by atoms with van der Waals surface area (Å²) in [6, 6.07) is 2.94. The molecule has 0 amide bonds. The molecule has 0 heterocycles. The Morgan fingerprint density at radius 2 is 2.00 bits per heavy atom. The molecule has 1 rings (SSSR count). The fourth-order valence-electron chi connectivity index (χ4n) is 1.95. The van der Waals surface area contributed by atoms with Crippen LogP contribution in [0.1, 0.15) is 31.4 Å². The fraction of sp³-hybridized carbons (Fsp3) is 0.538. The van der Waals surface area contributed by atoms with Gasteiger partial charge in [0.05, 0.1) is 0 Å². The molecule has 1 aromatic carbocycles.